The molecule has 6 nitrogen and oxygen atoms in total. The van der Waals surface area contributed by atoms with E-state index in [2.05, 4.69) is 25.9 Å². The summed E-state index contributed by atoms with van der Waals surface area (Å²) < 4.78 is 11.3. The molecule has 2 N–H and O–H groups in total. The van der Waals surface area contributed by atoms with Crippen molar-refractivity contribution in [2.45, 2.75) is 19.8 Å². The maximum absolute atomic E-state index is 12.1. The lowest BCUT2D eigenvalue weighted by molar-refractivity contribution is 0.173. The molecule has 0 saturated heterocycles. The average molecular weight is 353 g/mol. The monoisotopic (exact) mass is 352 g/mol. The minimum atomic E-state index is -0.346. The van der Waals surface area contributed by atoms with Gasteiger partial charge in [0.25, 0.3) is 5.56 Å². The molecule has 0 atom stereocenters. The molecule has 1 aliphatic rings. The molecule has 0 aliphatic carbocycles. The van der Waals surface area contributed by atoms with E-state index in [1.165, 1.54) is 0 Å². The lowest BCUT2D eigenvalue weighted by Gasteiger charge is -2.09. The second-order valence-electron chi connectivity index (χ2n) is 5.00. The summed E-state index contributed by atoms with van der Waals surface area (Å²) in [5.41, 5.74) is 0.550. The summed E-state index contributed by atoms with van der Waals surface area (Å²) in [5.74, 6) is 1.09. The van der Waals surface area contributed by atoms with Gasteiger partial charge in [-0.1, -0.05) is 13.8 Å². The number of aromatic nitrogens is 2. The van der Waals surface area contributed by atoms with Gasteiger partial charge in [0.15, 0.2) is 11.5 Å². The SMILES string of the molecule is CC(C)c1c(O)nc(-c2cc(Br)c3c(c2)OCO3)[nH]c1=O. The minimum Gasteiger partial charge on any atom is -0.493 e. The average Bonchev–Trinajstić information content (AvgIpc) is 2.86. The highest BCUT2D eigenvalue weighted by molar-refractivity contribution is 9.10. The zero-order valence-electron chi connectivity index (χ0n) is 11.4. The first-order chi connectivity index (χ1) is 9.97. The fourth-order valence-corrected chi connectivity index (χ4v) is 2.79. The number of benzene rings is 1. The number of nitrogens with zero attached hydrogens (tertiary/aromatic N) is 1. The Kier molecular flexibility index (Phi) is 3.36. The van der Waals surface area contributed by atoms with Gasteiger partial charge in [0.2, 0.25) is 12.7 Å². The fourth-order valence-electron chi connectivity index (χ4n) is 2.23. The third kappa shape index (κ3) is 2.37. The number of aromatic hydroxyl groups is 1. The second kappa shape index (κ2) is 5.07. The van der Waals surface area contributed by atoms with Crippen molar-refractivity contribution < 1.29 is 14.6 Å². The Morgan fingerprint density at radius 3 is 2.81 bits per heavy atom. The molecule has 0 amide bonds. The molecule has 1 aromatic heterocycles. The number of fused-ring (bicyclic) bond motifs is 1. The zero-order valence-corrected chi connectivity index (χ0v) is 13.0. The first-order valence-corrected chi connectivity index (χ1v) is 7.19. The van der Waals surface area contributed by atoms with Crippen molar-refractivity contribution in [1.29, 1.82) is 0 Å². The highest BCUT2D eigenvalue weighted by Crippen LogP contribution is 2.42. The van der Waals surface area contributed by atoms with Crippen LogP contribution in [-0.4, -0.2) is 21.9 Å². The lowest BCUT2D eigenvalue weighted by Crippen LogP contribution is -2.16. The van der Waals surface area contributed by atoms with Gasteiger partial charge in [-0.15, -0.1) is 0 Å². The summed E-state index contributed by atoms with van der Waals surface area (Å²) in [6.07, 6.45) is 0. The van der Waals surface area contributed by atoms with Crippen LogP contribution in [0.4, 0.5) is 0 Å². The number of hydrogen-bond acceptors (Lipinski definition) is 5. The van der Waals surface area contributed by atoms with Gasteiger partial charge in [-0.05, 0) is 34.0 Å². The van der Waals surface area contributed by atoms with Crippen LogP contribution in [0.2, 0.25) is 0 Å². The number of aromatic amines is 1. The van der Waals surface area contributed by atoms with Crippen molar-refractivity contribution in [3.8, 4) is 28.8 Å². The fraction of sp³-hybridized carbons (Fsp3) is 0.286. The zero-order chi connectivity index (χ0) is 15.1. The van der Waals surface area contributed by atoms with Crippen LogP contribution in [0.25, 0.3) is 11.4 Å². The number of H-pyrrole nitrogens is 1. The van der Waals surface area contributed by atoms with Crippen molar-refractivity contribution in [3.63, 3.8) is 0 Å². The molecule has 0 spiro atoms. The second-order valence-corrected chi connectivity index (χ2v) is 5.85. The molecule has 2 heterocycles. The molecule has 1 aromatic carbocycles. The number of rotatable bonds is 2. The van der Waals surface area contributed by atoms with Crippen molar-refractivity contribution in [2.24, 2.45) is 0 Å². The first kappa shape index (κ1) is 13.9. The van der Waals surface area contributed by atoms with Crippen molar-refractivity contribution >= 4 is 15.9 Å². The standard InChI is InChI=1S/C14H13BrN2O4/c1-6(2)10-13(18)16-12(17-14(10)19)7-3-8(15)11-9(4-7)20-5-21-11/h3-4,6H,5H2,1-2H3,(H2,16,17,18,19). The summed E-state index contributed by atoms with van der Waals surface area (Å²) in [5, 5.41) is 9.97. The predicted octanol–water partition coefficient (Wildman–Crippen LogP) is 2.76. The highest BCUT2D eigenvalue weighted by atomic mass is 79.9. The molecule has 7 heteroatoms. The molecule has 0 bridgehead atoms. The number of ether oxygens (including phenoxy) is 2. The van der Waals surface area contributed by atoms with Crippen LogP contribution in [0.1, 0.15) is 25.3 Å². The highest BCUT2D eigenvalue weighted by Gasteiger charge is 2.20. The Bertz CT molecular complexity index is 770. The Labute approximate surface area is 128 Å². The quantitative estimate of drug-likeness (QED) is 0.867. The van der Waals surface area contributed by atoms with Gasteiger partial charge < -0.3 is 19.6 Å². The van der Waals surface area contributed by atoms with E-state index < -0.39 is 0 Å². The molecule has 0 saturated carbocycles. The molecule has 0 radical (unpaired) electrons. The van der Waals surface area contributed by atoms with Gasteiger partial charge in [-0.2, -0.15) is 4.98 Å². The van der Waals surface area contributed by atoms with Crippen LogP contribution in [0.5, 0.6) is 17.4 Å². The van der Waals surface area contributed by atoms with Gasteiger partial charge >= 0.3 is 0 Å². The summed E-state index contributed by atoms with van der Waals surface area (Å²) in [7, 11) is 0. The first-order valence-electron chi connectivity index (χ1n) is 6.40. The molecular formula is C14H13BrN2O4. The molecule has 110 valence electrons. The third-order valence-electron chi connectivity index (χ3n) is 3.21. The molecule has 0 fully saturated rings. The predicted molar refractivity (Wildman–Crippen MR) is 79.9 cm³/mol. The smallest absolute Gasteiger partial charge is 0.258 e. The van der Waals surface area contributed by atoms with Crippen molar-refractivity contribution in [1.82, 2.24) is 9.97 Å². The minimum absolute atomic E-state index is 0.112. The largest absolute Gasteiger partial charge is 0.493 e. The van der Waals surface area contributed by atoms with Crippen LogP contribution in [0.15, 0.2) is 21.4 Å². The van der Waals surface area contributed by atoms with Crippen LogP contribution >= 0.6 is 15.9 Å². The summed E-state index contributed by atoms with van der Waals surface area (Å²) in [6, 6.07) is 3.46. The van der Waals surface area contributed by atoms with Gasteiger partial charge in [-0.3, -0.25) is 4.79 Å². The van der Waals surface area contributed by atoms with Gasteiger partial charge in [-0.25, -0.2) is 0 Å². The van der Waals surface area contributed by atoms with Crippen molar-refractivity contribution in [3.05, 3.63) is 32.5 Å². The van der Waals surface area contributed by atoms with Crippen LogP contribution < -0.4 is 15.0 Å². The molecule has 3 rings (SSSR count). The van der Waals surface area contributed by atoms with E-state index >= 15 is 0 Å². The number of hydrogen-bond donors (Lipinski definition) is 2. The Morgan fingerprint density at radius 1 is 1.38 bits per heavy atom. The lowest BCUT2D eigenvalue weighted by atomic mass is 10.1. The number of nitrogens with one attached hydrogen (secondary N) is 1. The Morgan fingerprint density at radius 2 is 2.14 bits per heavy atom. The van der Waals surface area contributed by atoms with Crippen LogP contribution in [0, 0.1) is 0 Å². The van der Waals surface area contributed by atoms with Crippen LogP contribution in [0.3, 0.4) is 0 Å². The van der Waals surface area contributed by atoms with Crippen molar-refractivity contribution in [2.75, 3.05) is 6.79 Å². The van der Waals surface area contributed by atoms with Crippen LogP contribution in [-0.2, 0) is 0 Å². The van der Waals surface area contributed by atoms with E-state index in [1.54, 1.807) is 12.1 Å². The Hall–Kier alpha value is -2.02. The number of halogens is 1. The molecular weight excluding hydrogens is 340 g/mol. The van der Waals surface area contributed by atoms with E-state index in [9.17, 15) is 9.90 Å². The topological polar surface area (TPSA) is 84.4 Å². The Balaban J connectivity index is 2.14. The van der Waals surface area contributed by atoms with E-state index in [4.69, 9.17) is 9.47 Å². The van der Waals surface area contributed by atoms with E-state index in [-0.39, 0.29) is 35.5 Å². The summed E-state index contributed by atoms with van der Waals surface area (Å²) in [4.78, 5) is 18.8. The van der Waals surface area contributed by atoms with E-state index in [0.29, 0.717) is 21.5 Å². The maximum atomic E-state index is 12.1. The third-order valence-corrected chi connectivity index (χ3v) is 3.80. The van der Waals surface area contributed by atoms with Gasteiger partial charge in [0, 0.05) is 5.56 Å². The molecule has 2 aromatic rings. The molecule has 1 aliphatic heterocycles. The van der Waals surface area contributed by atoms with Gasteiger partial charge in [0.1, 0.15) is 5.82 Å². The molecule has 0 unspecified atom stereocenters. The summed E-state index contributed by atoms with van der Waals surface area (Å²) in [6.45, 7) is 3.80. The van der Waals surface area contributed by atoms with Gasteiger partial charge in [0.05, 0.1) is 10.0 Å². The summed E-state index contributed by atoms with van der Waals surface area (Å²) >= 11 is 3.38. The maximum Gasteiger partial charge on any atom is 0.258 e. The normalized spacial score (nSPS) is 13.0. The molecule has 21 heavy (non-hydrogen) atoms. The van der Waals surface area contributed by atoms with E-state index in [0.717, 1.165) is 0 Å². The van der Waals surface area contributed by atoms with E-state index in [1.807, 2.05) is 13.8 Å².